The Labute approximate surface area is 144 Å². The van der Waals surface area contributed by atoms with Crippen LogP contribution < -0.4 is 10.5 Å². The molecular formula is C16H27ClN2O2S. The van der Waals surface area contributed by atoms with E-state index in [1.807, 2.05) is 31.3 Å². The highest BCUT2D eigenvalue weighted by Gasteiger charge is 2.20. The summed E-state index contributed by atoms with van der Waals surface area (Å²) >= 11 is 1.68. The van der Waals surface area contributed by atoms with Gasteiger partial charge in [-0.3, -0.25) is 4.79 Å². The molecule has 1 aromatic carbocycles. The molecule has 22 heavy (non-hydrogen) atoms. The van der Waals surface area contributed by atoms with Gasteiger partial charge in [-0.15, -0.1) is 24.2 Å². The van der Waals surface area contributed by atoms with E-state index in [-0.39, 0.29) is 23.7 Å². The van der Waals surface area contributed by atoms with Crippen molar-refractivity contribution < 1.29 is 9.53 Å². The van der Waals surface area contributed by atoms with E-state index < -0.39 is 0 Å². The van der Waals surface area contributed by atoms with E-state index in [1.54, 1.807) is 23.8 Å². The fourth-order valence-electron chi connectivity index (χ4n) is 1.91. The van der Waals surface area contributed by atoms with Gasteiger partial charge in [-0.05, 0) is 36.2 Å². The first-order valence-corrected chi connectivity index (χ1v) is 8.07. The lowest BCUT2D eigenvalue weighted by Gasteiger charge is -2.29. The number of carbonyl (C=O) groups excluding carboxylic acids is 1. The quantitative estimate of drug-likeness (QED) is 0.735. The number of benzene rings is 1. The van der Waals surface area contributed by atoms with Crippen molar-refractivity contribution in [2.75, 3.05) is 33.0 Å². The number of amides is 1. The lowest BCUT2D eigenvalue weighted by Crippen LogP contribution is -2.39. The van der Waals surface area contributed by atoms with Crippen LogP contribution in [0.15, 0.2) is 29.2 Å². The summed E-state index contributed by atoms with van der Waals surface area (Å²) in [6, 6.07) is 7.88. The molecular weight excluding hydrogens is 320 g/mol. The van der Waals surface area contributed by atoms with Crippen LogP contribution in [-0.4, -0.2) is 43.8 Å². The zero-order chi connectivity index (χ0) is 15.9. The van der Waals surface area contributed by atoms with Gasteiger partial charge in [0.25, 0.3) is 0 Å². The predicted molar refractivity (Wildman–Crippen MR) is 96.1 cm³/mol. The monoisotopic (exact) mass is 346 g/mol. The van der Waals surface area contributed by atoms with Gasteiger partial charge in [-0.25, -0.2) is 0 Å². The Balaban J connectivity index is 0.00000441. The van der Waals surface area contributed by atoms with E-state index in [2.05, 4.69) is 13.8 Å². The van der Waals surface area contributed by atoms with Crippen molar-refractivity contribution in [1.82, 2.24) is 4.90 Å². The summed E-state index contributed by atoms with van der Waals surface area (Å²) in [5.41, 5.74) is 5.67. The number of nitrogens with zero attached hydrogens (tertiary/aromatic N) is 1. The maximum atomic E-state index is 12.1. The SMILES string of the molecule is COc1ccc(SCCC(=O)N(C)CC(C)(C)CN)cc1.Cl. The van der Waals surface area contributed by atoms with Crippen molar-refractivity contribution in [2.45, 2.75) is 25.2 Å². The number of thioether (sulfide) groups is 1. The van der Waals surface area contributed by atoms with Crippen LogP contribution in [0, 0.1) is 5.41 Å². The van der Waals surface area contributed by atoms with Crippen LogP contribution in [0.5, 0.6) is 5.75 Å². The third-order valence-electron chi connectivity index (χ3n) is 3.29. The number of hydrogen-bond donors (Lipinski definition) is 1. The van der Waals surface area contributed by atoms with Crippen molar-refractivity contribution in [2.24, 2.45) is 11.1 Å². The Kier molecular flexibility index (Phi) is 9.56. The molecule has 0 aliphatic rings. The third-order valence-corrected chi connectivity index (χ3v) is 4.30. The summed E-state index contributed by atoms with van der Waals surface area (Å²) in [6.07, 6.45) is 0.536. The minimum Gasteiger partial charge on any atom is -0.497 e. The molecule has 0 aliphatic carbocycles. The van der Waals surface area contributed by atoms with Gasteiger partial charge in [0.15, 0.2) is 0 Å². The van der Waals surface area contributed by atoms with E-state index in [4.69, 9.17) is 10.5 Å². The van der Waals surface area contributed by atoms with Crippen LogP contribution >= 0.6 is 24.2 Å². The number of nitrogens with two attached hydrogens (primary N) is 1. The highest BCUT2D eigenvalue weighted by molar-refractivity contribution is 7.99. The average Bonchev–Trinajstić information content (AvgIpc) is 2.47. The Hall–Kier alpha value is -0.910. The first-order valence-electron chi connectivity index (χ1n) is 7.09. The van der Waals surface area contributed by atoms with Crippen molar-refractivity contribution in [3.63, 3.8) is 0 Å². The Morgan fingerprint density at radius 3 is 2.41 bits per heavy atom. The molecule has 0 saturated carbocycles. The summed E-state index contributed by atoms with van der Waals surface area (Å²) in [4.78, 5) is 15.0. The number of ether oxygens (including phenoxy) is 1. The molecule has 0 aromatic heterocycles. The van der Waals surface area contributed by atoms with Crippen LogP contribution in [0.1, 0.15) is 20.3 Å². The standard InChI is InChI=1S/C16H26N2O2S.ClH/c1-16(2,11-17)12-18(3)15(19)9-10-21-14-7-5-13(20-4)6-8-14;/h5-8H,9-12,17H2,1-4H3;1H. The van der Waals surface area contributed by atoms with Crippen molar-refractivity contribution in [3.8, 4) is 5.75 Å². The number of halogens is 1. The molecule has 0 heterocycles. The highest BCUT2D eigenvalue weighted by atomic mass is 35.5. The van der Waals surface area contributed by atoms with Crippen LogP contribution in [-0.2, 0) is 4.79 Å². The topological polar surface area (TPSA) is 55.6 Å². The van der Waals surface area contributed by atoms with E-state index in [1.165, 1.54) is 0 Å². The van der Waals surface area contributed by atoms with Crippen molar-refractivity contribution in [3.05, 3.63) is 24.3 Å². The largest absolute Gasteiger partial charge is 0.497 e. The molecule has 0 unspecified atom stereocenters. The van der Waals surface area contributed by atoms with Gasteiger partial charge >= 0.3 is 0 Å². The maximum absolute atomic E-state index is 12.1. The summed E-state index contributed by atoms with van der Waals surface area (Å²) in [7, 11) is 3.50. The lowest BCUT2D eigenvalue weighted by atomic mass is 9.93. The molecule has 6 heteroatoms. The molecule has 0 spiro atoms. The number of rotatable bonds is 8. The second-order valence-electron chi connectivity index (χ2n) is 5.89. The molecule has 1 rings (SSSR count). The van der Waals surface area contributed by atoms with Gasteiger partial charge in [0, 0.05) is 30.7 Å². The van der Waals surface area contributed by atoms with Crippen LogP contribution in [0.2, 0.25) is 0 Å². The molecule has 0 atom stereocenters. The van der Waals surface area contributed by atoms with Crippen molar-refractivity contribution in [1.29, 1.82) is 0 Å². The van der Waals surface area contributed by atoms with Gasteiger partial charge in [-0.1, -0.05) is 13.8 Å². The normalized spacial score (nSPS) is 10.8. The molecule has 126 valence electrons. The van der Waals surface area contributed by atoms with Gasteiger partial charge < -0.3 is 15.4 Å². The fraction of sp³-hybridized carbons (Fsp3) is 0.562. The smallest absolute Gasteiger partial charge is 0.223 e. The van der Waals surface area contributed by atoms with Gasteiger partial charge in [-0.2, -0.15) is 0 Å². The molecule has 0 saturated heterocycles. The second kappa shape index (κ2) is 9.98. The first kappa shape index (κ1) is 21.1. The van der Waals surface area contributed by atoms with Gasteiger partial charge in [0.05, 0.1) is 7.11 Å². The fourth-order valence-corrected chi connectivity index (χ4v) is 2.75. The summed E-state index contributed by atoms with van der Waals surface area (Å²) in [6.45, 7) is 5.41. The van der Waals surface area contributed by atoms with Gasteiger partial charge in [0.2, 0.25) is 5.91 Å². The average molecular weight is 347 g/mol. The molecule has 1 amide bonds. The number of carbonyl (C=O) groups is 1. The molecule has 2 N–H and O–H groups in total. The second-order valence-corrected chi connectivity index (χ2v) is 7.06. The zero-order valence-electron chi connectivity index (χ0n) is 13.8. The van der Waals surface area contributed by atoms with Crippen LogP contribution in [0.3, 0.4) is 0 Å². The number of hydrogen-bond acceptors (Lipinski definition) is 4. The third kappa shape index (κ3) is 7.38. The Morgan fingerprint density at radius 2 is 1.91 bits per heavy atom. The Bertz CT molecular complexity index is 452. The predicted octanol–water partition coefficient (Wildman–Crippen LogP) is 3.04. The van der Waals surface area contributed by atoms with E-state index in [0.717, 1.165) is 16.4 Å². The molecule has 1 aromatic rings. The van der Waals surface area contributed by atoms with E-state index in [9.17, 15) is 4.79 Å². The molecule has 0 aliphatic heterocycles. The van der Waals surface area contributed by atoms with E-state index >= 15 is 0 Å². The molecule has 0 radical (unpaired) electrons. The molecule has 4 nitrogen and oxygen atoms in total. The summed E-state index contributed by atoms with van der Waals surface area (Å²) < 4.78 is 5.12. The molecule has 0 bridgehead atoms. The Morgan fingerprint density at radius 1 is 1.32 bits per heavy atom. The molecule has 0 fully saturated rings. The number of methoxy groups -OCH3 is 1. The minimum atomic E-state index is -0.0342. The highest BCUT2D eigenvalue weighted by Crippen LogP contribution is 2.22. The summed E-state index contributed by atoms with van der Waals surface area (Å²) in [5.74, 6) is 1.79. The van der Waals surface area contributed by atoms with E-state index in [0.29, 0.717) is 19.5 Å². The van der Waals surface area contributed by atoms with Crippen molar-refractivity contribution >= 4 is 30.1 Å². The maximum Gasteiger partial charge on any atom is 0.223 e. The van der Waals surface area contributed by atoms with Crippen LogP contribution in [0.25, 0.3) is 0 Å². The lowest BCUT2D eigenvalue weighted by molar-refractivity contribution is -0.130. The van der Waals surface area contributed by atoms with Gasteiger partial charge in [0.1, 0.15) is 5.75 Å². The minimum absolute atomic E-state index is 0. The van der Waals surface area contributed by atoms with Crippen LogP contribution in [0.4, 0.5) is 0 Å². The first-order chi connectivity index (χ1) is 9.88. The summed E-state index contributed by atoms with van der Waals surface area (Å²) in [5, 5.41) is 0. The zero-order valence-corrected chi connectivity index (χ0v) is 15.4.